The number of hydrogen-bond acceptors (Lipinski definition) is 4. The maximum absolute atomic E-state index is 12.3. The molecule has 2 heterocycles. The highest BCUT2D eigenvalue weighted by atomic mass is 16.5. The smallest absolute Gasteiger partial charge is 0.224 e. The van der Waals surface area contributed by atoms with Crippen molar-refractivity contribution in [3.05, 3.63) is 71.8 Å². The van der Waals surface area contributed by atoms with Crippen LogP contribution in [0.15, 0.2) is 55.1 Å². The molecule has 0 radical (unpaired) electrons. The van der Waals surface area contributed by atoms with Gasteiger partial charge in [-0.3, -0.25) is 4.79 Å². The molecular weight excluding hydrogens is 340 g/mol. The van der Waals surface area contributed by atoms with Crippen LogP contribution in [0.2, 0.25) is 0 Å². The van der Waals surface area contributed by atoms with Crippen LogP contribution in [0, 0.1) is 0 Å². The van der Waals surface area contributed by atoms with Crippen molar-refractivity contribution in [2.75, 3.05) is 5.32 Å². The van der Waals surface area contributed by atoms with Gasteiger partial charge in [0.15, 0.2) is 0 Å². The van der Waals surface area contributed by atoms with E-state index in [4.69, 9.17) is 4.74 Å². The van der Waals surface area contributed by atoms with E-state index in [1.807, 2.05) is 36.4 Å². The van der Waals surface area contributed by atoms with Crippen molar-refractivity contribution in [3.8, 4) is 5.75 Å². The number of ether oxygens (including phenoxy) is 1. The molecule has 3 aromatic rings. The second kappa shape index (κ2) is 7.61. The predicted octanol–water partition coefficient (Wildman–Crippen LogP) is 3.22. The molecule has 1 amide bonds. The third kappa shape index (κ3) is 4.34. The average molecular weight is 362 g/mol. The molecule has 1 aliphatic rings. The topological polar surface area (TPSA) is 69.0 Å². The zero-order valence-corrected chi connectivity index (χ0v) is 15.3. The largest absolute Gasteiger partial charge is 0.490 e. The van der Waals surface area contributed by atoms with Crippen LogP contribution in [0.25, 0.3) is 0 Å². The third-order valence-corrected chi connectivity index (χ3v) is 4.65. The van der Waals surface area contributed by atoms with Crippen LogP contribution in [-0.4, -0.2) is 26.8 Å². The summed E-state index contributed by atoms with van der Waals surface area (Å²) in [6.45, 7) is 2.74. The van der Waals surface area contributed by atoms with E-state index < -0.39 is 0 Å². The lowest BCUT2D eigenvalue weighted by molar-refractivity contribution is -0.116. The predicted molar refractivity (Wildman–Crippen MR) is 103 cm³/mol. The molecule has 6 nitrogen and oxygen atoms in total. The molecule has 0 saturated heterocycles. The Kier molecular flexibility index (Phi) is 4.87. The van der Waals surface area contributed by atoms with Gasteiger partial charge in [-0.15, -0.1) is 0 Å². The van der Waals surface area contributed by atoms with Gasteiger partial charge in [-0.1, -0.05) is 24.3 Å². The average Bonchev–Trinajstić information content (AvgIpc) is 3.29. The van der Waals surface area contributed by atoms with Gasteiger partial charge in [-0.2, -0.15) is 5.10 Å². The third-order valence-electron chi connectivity index (χ3n) is 4.65. The number of rotatable bonds is 6. The van der Waals surface area contributed by atoms with Gasteiger partial charge >= 0.3 is 0 Å². The number of amides is 1. The monoisotopic (exact) mass is 362 g/mol. The first-order chi connectivity index (χ1) is 13.2. The zero-order valence-electron chi connectivity index (χ0n) is 15.3. The van der Waals surface area contributed by atoms with Crippen LogP contribution in [0.3, 0.4) is 0 Å². The summed E-state index contributed by atoms with van der Waals surface area (Å²) >= 11 is 0. The van der Waals surface area contributed by atoms with E-state index in [2.05, 4.69) is 28.4 Å². The van der Waals surface area contributed by atoms with Crippen LogP contribution in [0.4, 0.5) is 5.69 Å². The van der Waals surface area contributed by atoms with Gasteiger partial charge < -0.3 is 10.1 Å². The van der Waals surface area contributed by atoms with Crippen molar-refractivity contribution < 1.29 is 9.53 Å². The molecule has 1 N–H and O–H groups in total. The van der Waals surface area contributed by atoms with E-state index in [-0.39, 0.29) is 12.0 Å². The highest BCUT2D eigenvalue weighted by Crippen LogP contribution is 2.29. The summed E-state index contributed by atoms with van der Waals surface area (Å²) in [5, 5.41) is 7.05. The Labute approximate surface area is 158 Å². The lowest BCUT2D eigenvalue weighted by atomic mass is 10.0. The molecule has 138 valence electrons. The molecule has 4 rings (SSSR count). The van der Waals surface area contributed by atoms with Gasteiger partial charge in [0.1, 0.15) is 24.5 Å². The van der Waals surface area contributed by atoms with Gasteiger partial charge in [0.25, 0.3) is 0 Å². The Morgan fingerprint density at radius 2 is 2.04 bits per heavy atom. The van der Waals surface area contributed by atoms with E-state index in [1.54, 1.807) is 11.0 Å². The molecule has 0 fully saturated rings. The summed E-state index contributed by atoms with van der Waals surface area (Å²) in [4.78, 5) is 16.2. The minimum Gasteiger partial charge on any atom is -0.490 e. The van der Waals surface area contributed by atoms with E-state index >= 15 is 0 Å². The first kappa shape index (κ1) is 17.3. The van der Waals surface area contributed by atoms with Crippen LogP contribution >= 0.6 is 0 Å². The summed E-state index contributed by atoms with van der Waals surface area (Å²) in [6, 6.07) is 14.0. The number of benzene rings is 2. The number of aromatic nitrogens is 3. The molecule has 0 bridgehead atoms. The van der Waals surface area contributed by atoms with Crippen molar-refractivity contribution >= 4 is 11.6 Å². The lowest BCUT2D eigenvalue weighted by Crippen LogP contribution is -2.12. The zero-order chi connectivity index (χ0) is 18.6. The van der Waals surface area contributed by atoms with Gasteiger partial charge in [0, 0.05) is 18.5 Å². The molecule has 0 spiro atoms. The second-order valence-electron chi connectivity index (χ2n) is 6.91. The van der Waals surface area contributed by atoms with Gasteiger partial charge in [-0.25, -0.2) is 9.67 Å². The van der Waals surface area contributed by atoms with Gasteiger partial charge in [0.2, 0.25) is 5.91 Å². The van der Waals surface area contributed by atoms with Crippen LogP contribution < -0.4 is 10.1 Å². The fourth-order valence-corrected chi connectivity index (χ4v) is 3.31. The summed E-state index contributed by atoms with van der Waals surface area (Å²) in [6.07, 6.45) is 5.56. The Bertz CT molecular complexity index is 920. The Balaban J connectivity index is 1.29. The number of nitrogens with one attached hydrogen (secondary N) is 1. The van der Waals surface area contributed by atoms with Crippen molar-refractivity contribution in [2.24, 2.45) is 0 Å². The van der Waals surface area contributed by atoms with Gasteiger partial charge in [-0.05, 0) is 48.2 Å². The number of hydrogen-bond donors (Lipinski definition) is 1. The molecule has 1 atom stereocenters. The number of aryl methyl sites for hydroxylation is 1. The first-order valence-corrected chi connectivity index (χ1v) is 9.15. The van der Waals surface area contributed by atoms with Crippen LogP contribution in [-0.2, 0) is 24.2 Å². The van der Waals surface area contributed by atoms with E-state index in [0.29, 0.717) is 13.0 Å². The molecule has 27 heavy (non-hydrogen) atoms. The second-order valence-corrected chi connectivity index (χ2v) is 6.91. The number of carbonyl (C=O) groups excluding carboxylic acids is 1. The normalized spacial score (nSPS) is 15.2. The summed E-state index contributed by atoms with van der Waals surface area (Å²) < 4.78 is 7.48. The van der Waals surface area contributed by atoms with Crippen molar-refractivity contribution in [1.82, 2.24) is 14.8 Å². The Morgan fingerprint density at radius 1 is 1.22 bits per heavy atom. The summed E-state index contributed by atoms with van der Waals surface area (Å²) in [5.74, 6) is 0.992. The van der Waals surface area contributed by atoms with Crippen LogP contribution in [0.1, 0.15) is 30.0 Å². The number of anilines is 1. The lowest BCUT2D eigenvalue weighted by Gasteiger charge is -2.08. The highest BCUT2D eigenvalue weighted by molar-refractivity contribution is 5.90. The molecular formula is C21H22N4O2. The molecule has 1 aliphatic heterocycles. The maximum Gasteiger partial charge on any atom is 0.224 e. The van der Waals surface area contributed by atoms with Crippen molar-refractivity contribution in [1.29, 1.82) is 0 Å². The van der Waals surface area contributed by atoms with E-state index in [1.165, 1.54) is 17.5 Å². The Morgan fingerprint density at radius 3 is 2.81 bits per heavy atom. The quantitative estimate of drug-likeness (QED) is 0.731. The SMILES string of the molecule is CC1Cc2cc(CCC(=O)Nc3ccc(Cn4cncn4)cc3)ccc2O1. The molecule has 1 aromatic heterocycles. The fraction of sp³-hybridized carbons (Fsp3) is 0.286. The maximum atomic E-state index is 12.3. The molecule has 1 unspecified atom stereocenters. The Hall–Kier alpha value is -3.15. The van der Waals surface area contributed by atoms with Crippen molar-refractivity contribution in [2.45, 2.75) is 38.8 Å². The van der Waals surface area contributed by atoms with E-state index in [0.717, 1.165) is 29.8 Å². The number of carbonyl (C=O) groups is 1. The fourth-order valence-electron chi connectivity index (χ4n) is 3.31. The van der Waals surface area contributed by atoms with Crippen molar-refractivity contribution in [3.63, 3.8) is 0 Å². The summed E-state index contributed by atoms with van der Waals surface area (Å²) in [5.41, 5.74) is 4.32. The van der Waals surface area contributed by atoms with E-state index in [9.17, 15) is 4.79 Å². The number of fused-ring (bicyclic) bond motifs is 1. The standard InChI is InChI=1S/C21H22N4O2/c1-15-10-18-11-16(4-8-20(18)27-15)5-9-21(26)24-19-6-2-17(3-7-19)12-25-14-22-13-23-25/h2-4,6-8,11,13-15H,5,9-10,12H2,1H3,(H,24,26). The molecule has 0 saturated carbocycles. The molecule has 6 heteroatoms. The molecule has 2 aromatic carbocycles. The van der Waals surface area contributed by atoms with Crippen LogP contribution in [0.5, 0.6) is 5.75 Å². The first-order valence-electron chi connectivity index (χ1n) is 9.15. The van der Waals surface area contributed by atoms with Gasteiger partial charge in [0.05, 0.1) is 6.54 Å². The minimum atomic E-state index is 0.0177. The minimum absolute atomic E-state index is 0.0177. The highest BCUT2D eigenvalue weighted by Gasteiger charge is 2.18. The molecule has 0 aliphatic carbocycles. The number of nitrogens with zero attached hydrogens (tertiary/aromatic N) is 3. The summed E-state index contributed by atoms with van der Waals surface area (Å²) in [7, 11) is 0.